The van der Waals surface area contributed by atoms with Crippen molar-refractivity contribution in [3.63, 3.8) is 0 Å². The first-order valence-corrected chi connectivity index (χ1v) is 7.34. The minimum Gasteiger partial charge on any atom is -0.254 e. The van der Waals surface area contributed by atoms with Crippen LogP contribution in [0.4, 0.5) is 0 Å². The molecule has 0 radical (unpaired) electrons. The van der Waals surface area contributed by atoms with Crippen LogP contribution in [0.25, 0.3) is 0 Å². The van der Waals surface area contributed by atoms with Gasteiger partial charge in [0.15, 0.2) is 0 Å². The first kappa shape index (κ1) is 12.1. The van der Waals surface area contributed by atoms with Crippen LogP contribution in [0.3, 0.4) is 0 Å². The summed E-state index contributed by atoms with van der Waals surface area (Å²) >= 11 is 0. The van der Waals surface area contributed by atoms with Gasteiger partial charge in [-0.2, -0.15) is 13.1 Å². The van der Waals surface area contributed by atoms with Crippen LogP contribution in [0.1, 0.15) is 38.5 Å². The van der Waals surface area contributed by atoms with E-state index in [-0.39, 0.29) is 12.1 Å². The Balaban J connectivity index is 2.05. The fraction of sp³-hybridized carbons (Fsp3) is 0.818. The molecule has 0 aromatic carbocycles. The lowest BCUT2D eigenvalue weighted by molar-refractivity contribution is 0.0851. The summed E-state index contributed by atoms with van der Waals surface area (Å²) in [5.41, 5.74) is 0. The number of rotatable bonds is 2. The summed E-state index contributed by atoms with van der Waals surface area (Å²) in [6.45, 7) is 3.65. The van der Waals surface area contributed by atoms with Gasteiger partial charge in [0, 0.05) is 6.04 Å². The van der Waals surface area contributed by atoms with E-state index in [1.165, 1.54) is 19.3 Å². The van der Waals surface area contributed by atoms with Crippen molar-refractivity contribution in [2.45, 2.75) is 50.7 Å². The highest BCUT2D eigenvalue weighted by Gasteiger charge is 2.35. The normalized spacial score (nSPS) is 35.8. The van der Waals surface area contributed by atoms with E-state index < -0.39 is 10.3 Å². The van der Waals surface area contributed by atoms with Gasteiger partial charge in [0.25, 0.3) is 0 Å². The van der Waals surface area contributed by atoms with Crippen molar-refractivity contribution in [3.05, 3.63) is 12.7 Å². The molecule has 2 rings (SSSR count). The lowest BCUT2D eigenvalue weighted by Gasteiger charge is -2.35. The first-order chi connectivity index (χ1) is 7.61. The van der Waals surface area contributed by atoms with E-state index in [2.05, 4.69) is 11.3 Å². The molecule has 2 fully saturated rings. The molecular weight excluding hydrogens is 226 g/mol. The summed E-state index contributed by atoms with van der Waals surface area (Å²) in [5, 5.41) is 0. The standard InChI is InChI=1S/C11H19NO3S/c1-2-10-8-11(15-16(13,14)12-10)9-6-4-3-5-7-9/h2,9-12H,1,3-8H2/t10-,11-/m1/s1. The molecule has 1 saturated heterocycles. The van der Waals surface area contributed by atoms with Gasteiger partial charge >= 0.3 is 10.3 Å². The molecule has 4 nitrogen and oxygen atoms in total. The second-order valence-electron chi connectivity index (χ2n) is 4.68. The summed E-state index contributed by atoms with van der Waals surface area (Å²) in [6.07, 6.45) is 8.03. The maximum Gasteiger partial charge on any atom is 0.336 e. The quantitative estimate of drug-likeness (QED) is 0.754. The first-order valence-electron chi connectivity index (χ1n) is 5.94. The Bertz CT molecular complexity index is 346. The molecule has 1 aliphatic heterocycles. The molecule has 1 aliphatic carbocycles. The van der Waals surface area contributed by atoms with Gasteiger partial charge < -0.3 is 0 Å². The Morgan fingerprint density at radius 1 is 1.25 bits per heavy atom. The van der Waals surface area contributed by atoms with Crippen LogP contribution >= 0.6 is 0 Å². The van der Waals surface area contributed by atoms with E-state index in [4.69, 9.17) is 4.18 Å². The van der Waals surface area contributed by atoms with Crippen molar-refractivity contribution >= 4 is 10.3 Å². The maximum absolute atomic E-state index is 11.5. The molecule has 0 aromatic heterocycles. The van der Waals surface area contributed by atoms with Crippen LogP contribution < -0.4 is 4.72 Å². The van der Waals surface area contributed by atoms with Crippen LogP contribution in [0.5, 0.6) is 0 Å². The Kier molecular flexibility index (Phi) is 3.66. The minimum absolute atomic E-state index is 0.158. The molecule has 0 spiro atoms. The summed E-state index contributed by atoms with van der Waals surface area (Å²) in [6, 6.07) is -0.175. The zero-order valence-corrected chi connectivity index (χ0v) is 10.2. The largest absolute Gasteiger partial charge is 0.336 e. The van der Waals surface area contributed by atoms with Crippen molar-refractivity contribution in [3.8, 4) is 0 Å². The van der Waals surface area contributed by atoms with Gasteiger partial charge in [0.05, 0.1) is 6.10 Å². The topological polar surface area (TPSA) is 55.4 Å². The molecule has 1 saturated carbocycles. The van der Waals surface area contributed by atoms with Crippen LogP contribution in [-0.4, -0.2) is 20.6 Å². The number of hydrogen-bond donors (Lipinski definition) is 1. The third-order valence-corrected chi connectivity index (χ3v) is 4.58. The molecule has 5 heteroatoms. The van der Waals surface area contributed by atoms with Crippen LogP contribution in [-0.2, 0) is 14.5 Å². The van der Waals surface area contributed by atoms with Gasteiger partial charge in [-0.05, 0) is 25.2 Å². The van der Waals surface area contributed by atoms with E-state index in [0.29, 0.717) is 12.3 Å². The molecule has 0 aromatic rings. The predicted molar refractivity (Wildman–Crippen MR) is 62.1 cm³/mol. The van der Waals surface area contributed by atoms with E-state index in [0.717, 1.165) is 12.8 Å². The van der Waals surface area contributed by atoms with Gasteiger partial charge in [-0.15, -0.1) is 6.58 Å². The fourth-order valence-corrected chi connectivity index (χ4v) is 3.81. The fourth-order valence-electron chi connectivity index (χ4n) is 2.63. The van der Waals surface area contributed by atoms with Gasteiger partial charge in [-0.3, -0.25) is 4.18 Å². The monoisotopic (exact) mass is 245 g/mol. The average molecular weight is 245 g/mol. The van der Waals surface area contributed by atoms with Gasteiger partial charge in [-0.1, -0.05) is 25.3 Å². The highest BCUT2D eigenvalue weighted by atomic mass is 32.2. The molecule has 1 N–H and O–H groups in total. The summed E-state index contributed by atoms with van der Waals surface area (Å²) in [4.78, 5) is 0. The lowest BCUT2D eigenvalue weighted by atomic mass is 9.83. The Morgan fingerprint density at radius 2 is 1.94 bits per heavy atom. The van der Waals surface area contributed by atoms with E-state index in [1.807, 2.05) is 0 Å². The second-order valence-corrected chi connectivity index (χ2v) is 6.02. The van der Waals surface area contributed by atoms with Crippen molar-refractivity contribution in [1.82, 2.24) is 4.72 Å². The smallest absolute Gasteiger partial charge is 0.254 e. The van der Waals surface area contributed by atoms with E-state index in [9.17, 15) is 8.42 Å². The van der Waals surface area contributed by atoms with Crippen LogP contribution in [0, 0.1) is 5.92 Å². The summed E-state index contributed by atoms with van der Waals surface area (Å²) in [5.74, 6) is 0.396. The molecule has 0 unspecified atom stereocenters. The molecular formula is C11H19NO3S. The molecule has 0 amide bonds. The highest BCUT2D eigenvalue weighted by molar-refractivity contribution is 7.84. The summed E-state index contributed by atoms with van der Waals surface area (Å²) < 4.78 is 30.6. The predicted octanol–water partition coefficient (Wildman–Crippen LogP) is 1.74. The van der Waals surface area contributed by atoms with Crippen molar-refractivity contribution in [2.75, 3.05) is 0 Å². The van der Waals surface area contributed by atoms with Gasteiger partial charge in [-0.25, -0.2) is 0 Å². The molecule has 16 heavy (non-hydrogen) atoms. The second kappa shape index (κ2) is 4.85. The molecule has 92 valence electrons. The van der Waals surface area contributed by atoms with Gasteiger partial charge in [0.2, 0.25) is 0 Å². The zero-order chi connectivity index (χ0) is 11.6. The van der Waals surface area contributed by atoms with E-state index >= 15 is 0 Å². The third kappa shape index (κ3) is 2.84. The Morgan fingerprint density at radius 3 is 2.56 bits per heavy atom. The Hall–Kier alpha value is -0.390. The average Bonchev–Trinajstić information content (AvgIpc) is 2.28. The minimum atomic E-state index is -3.56. The van der Waals surface area contributed by atoms with Gasteiger partial charge in [0.1, 0.15) is 0 Å². The lowest BCUT2D eigenvalue weighted by Crippen LogP contribution is -2.47. The number of hydrogen-bond acceptors (Lipinski definition) is 3. The van der Waals surface area contributed by atoms with Crippen molar-refractivity contribution in [1.29, 1.82) is 0 Å². The molecule has 1 heterocycles. The zero-order valence-electron chi connectivity index (χ0n) is 9.39. The maximum atomic E-state index is 11.5. The van der Waals surface area contributed by atoms with Crippen molar-refractivity contribution in [2.24, 2.45) is 5.92 Å². The summed E-state index contributed by atoms with van der Waals surface area (Å²) in [7, 11) is -3.56. The van der Waals surface area contributed by atoms with Crippen molar-refractivity contribution < 1.29 is 12.6 Å². The molecule has 2 atom stereocenters. The van der Waals surface area contributed by atoms with E-state index in [1.54, 1.807) is 6.08 Å². The highest BCUT2D eigenvalue weighted by Crippen LogP contribution is 2.32. The SMILES string of the molecule is C=C[C@@H]1C[C@H](C2CCCCC2)OS(=O)(=O)N1. The van der Waals surface area contributed by atoms with Crippen LogP contribution in [0.2, 0.25) is 0 Å². The molecule has 0 bridgehead atoms. The van der Waals surface area contributed by atoms with Crippen LogP contribution in [0.15, 0.2) is 12.7 Å². The third-order valence-electron chi connectivity index (χ3n) is 3.49. The molecule has 2 aliphatic rings. The Labute approximate surface area is 97.3 Å². The number of nitrogens with one attached hydrogen (secondary N) is 1.